The molecule has 2 aliphatic rings. The monoisotopic (exact) mass is 723 g/mol. The van der Waals surface area contributed by atoms with Gasteiger partial charge in [0.1, 0.15) is 12.1 Å². The molecule has 0 aliphatic carbocycles. The van der Waals surface area contributed by atoms with Gasteiger partial charge < -0.3 is 21.7 Å². The van der Waals surface area contributed by atoms with E-state index in [1.54, 1.807) is 0 Å². The van der Waals surface area contributed by atoms with Gasteiger partial charge in [-0.2, -0.15) is 0 Å². The van der Waals surface area contributed by atoms with Gasteiger partial charge in [-0.05, 0) is 49.9 Å². The number of carboxylic acids is 2. The van der Waals surface area contributed by atoms with Gasteiger partial charge in [0.05, 0.1) is 42.3 Å². The zero-order chi connectivity index (χ0) is 31.5. The third kappa shape index (κ3) is 8.25. The standard InChI is InChI=1S/2C13H12Cl2N2O4.Cu/c2*14-8-4-6-7(5-9(8)15)12(19)17(11(6)18)3-1-2-10(16)13(20)21;/h2*4-5,10H,1-3,16H2,(H,20,21);/t2*10-;/m00./s1. The summed E-state index contributed by atoms with van der Waals surface area (Å²) in [5.74, 6) is -4.07. The molecule has 17 heteroatoms. The topological polar surface area (TPSA) is 201 Å². The minimum absolute atomic E-state index is 0. The Labute approximate surface area is 275 Å². The number of rotatable bonds is 10. The molecule has 2 aromatic carbocycles. The van der Waals surface area contributed by atoms with Gasteiger partial charge in [-0.15, -0.1) is 0 Å². The first-order chi connectivity index (χ1) is 19.6. The normalized spacial score (nSPS) is 14.9. The van der Waals surface area contributed by atoms with E-state index in [4.69, 9.17) is 68.1 Å². The Balaban J connectivity index is 0.000000293. The smallest absolute Gasteiger partial charge is 0.320 e. The molecule has 4 rings (SSSR count). The maximum atomic E-state index is 12.1. The molecule has 0 unspecified atom stereocenters. The van der Waals surface area contributed by atoms with Gasteiger partial charge in [0.2, 0.25) is 0 Å². The molecule has 0 spiro atoms. The molecular weight excluding hydrogens is 702 g/mol. The number of nitrogens with two attached hydrogens (primary N) is 2. The Morgan fingerprint density at radius 1 is 0.605 bits per heavy atom. The van der Waals surface area contributed by atoms with Crippen LogP contribution in [0.25, 0.3) is 0 Å². The summed E-state index contributed by atoms with van der Waals surface area (Å²) >= 11 is 23.4. The van der Waals surface area contributed by atoms with Gasteiger partial charge in [0, 0.05) is 30.2 Å². The van der Waals surface area contributed by atoms with Gasteiger partial charge in [-0.1, -0.05) is 46.4 Å². The van der Waals surface area contributed by atoms with Gasteiger partial charge in [0.15, 0.2) is 0 Å². The van der Waals surface area contributed by atoms with E-state index in [-0.39, 0.29) is 85.3 Å². The molecule has 2 aromatic rings. The van der Waals surface area contributed by atoms with Crippen molar-refractivity contribution in [2.24, 2.45) is 11.5 Å². The van der Waals surface area contributed by atoms with Crippen molar-refractivity contribution in [1.29, 1.82) is 0 Å². The second-order valence-corrected chi connectivity index (χ2v) is 11.0. The predicted molar refractivity (Wildman–Crippen MR) is 153 cm³/mol. The number of benzene rings is 2. The molecule has 0 saturated carbocycles. The molecule has 235 valence electrons. The molecule has 1 radical (unpaired) electrons. The van der Waals surface area contributed by atoms with Crippen LogP contribution in [0.3, 0.4) is 0 Å². The largest absolute Gasteiger partial charge is 0.480 e. The number of imide groups is 2. The first kappa shape index (κ1) is 36.5. The van der Waals surface area contributed by atoms with Gasteiger partial charge in [0.25, 0.3) is 23.6 Å². The van der Waals surface area contributed by atoms with Crippen molar-refractivity contribution in [1.82, 2.24) is 9.80 Å². The minimum Gasteiger partial charge on any atom is -0.480 e. The number of carbonyl (C=O) groups excluding carboxylic acids is 4. The summed E-state index contributed by atoms with van der Waals surface area (Å²) < 4.78 is 0. The van der Waals surface area contributed by atoms with Crippen LogP contribution in [-0.2, 0) is 26.7 Å². The van der Waals surface area contributed by atoms with Crippen molar-refractivity contribution in [2.45, 2.75) is 37.8 Å². The van der Waals surface area contributed by atoms with Gasteiger partial charge in [-0.25, -0.2) is 0 Å². The fourth-order valence-corrected chi connectivity index (χ4v) is 4.81. The molecule has 0 saturated heterocycles. The molecule has 12 nitrogen and oxygen atoms in total. The van der Waals surface area contributed by atoms with Crippen LogP contribution < -0.4 is 11.5 Å². The van der Waals surface area contributed by atoms with Crippen LogP contribution in [0.1, 0.15) is 67.1 Å². The fourth-order valence-electron chi connectivity index (χ4n) is 4.16. The summed E-state index contributed by atoms with van der Waals surface area (Å²) in [4.78, 5) is 71.9. The summed E-state index contributed by atoms with van der Waals surface area (Å²) in [5, 5.41) is 18.2. The summed E-state index contributed by atoms with van der Waals surface area (Å²) in [5.41, 5.74) is 11.6. The minimum atomic E-state index is -1.11. The summed E-state index contributed by atoms with van der Waals surface area (Å²) in [6.07, 6.45) is 0.954. The average molecular weight is 726 g/mol. The molecule has 0 fully saturated rings. The SMILES string of the molecule is N[C@@H](CCCN1C(=O)c2cc(Cl)c(Cl)cc2C1=O)C(=O)O.N[C@@H](CCCN1C(=O)c2cc(Cl)c(Cl)cc2C1=O)C(=O)O.[Cu]. The summed E-state index contributed by atoms with van der Waals surface area (Å²) in [6, 6.07) is 3.43. The number of hydrogen-bond donors (Lipinski definition) is 4. The first-order valence-electron chi connectivity index (χ1n) is 12.3. The third-order valence-electron chi connectivity index (χ3n) is 6.45. The number of carboxylic acid groups (broad SMARTS) is 2. The van der Waals surface area contributed by atoms with E-state index in [0.29, 0.717) is 12.8 Å². The number of halogens is 4. The number of hydrogen-bond acceptors (Lipinski definition) is 8. The Bertz CT molecular complexity index is 1300. The molecule has 2 heterocycles. The Morgan fingerprint density at radius 2 is 0.837 bits per heavy atom. The molecule has 0 aromatic heterocycles. The van der Waals surface area contributed by atoms with Crippen molar-refractivity contribution in [3.8, 4) is 0 Å². The first-order valence-corrected chi connectivity index (χ1v) is 13.8. The predicted octanol–water partition coefficient (Wildman–Crippen LogP) is 3.56. The van der Waals surface area contributed by atoms with E-state index in [0.717, 1.165) is 9.80 Å². The number of fused-ring (bicyclic) bond motifs is 2. The van der Waals surface area contributed by atoms with Gasteiger partial charge in [-0.3, -0.25) is 38.6 Å². The maximum absolute atomic E-state index is 12.1. The molecule has 4 amide bonds. The Morgan fingerprint density at radius 3 is 1.05 bits per heavy atom. The second-order valence-electron chi connectivity index (χ2n) is 9.32. The zero-order valence-corrected chi connectivity index (χ0v) is 25.9. The van der Waals surface area contributed by atoms with Crippen molar-refractivity contribution in [3.63, 3.8) is 0 Å². The molecule has 2 atom stereocenters. The zero-order valence-electron chi connectivity index (χ0n) is 21.9. The van der Waals surface area contributed by atoms with E-state index in [1.165, 1.54) is 24.3 Å². The number of amides is 4. The van der Waals surface area contributed by atoms with E-state index >= 15 is 0 Å². The van der Waals surface area contributed by atoms with Crippen LogP contribution in [0.4, 0.5) is 0 Å². The number of nitrogens with zero attached hydrogens (tertiary/aromatic N) is 2. The quantitative estimate of drug-likeness (QED) is 0.207. The van der Waals surface area contributed by atoms with Crippen LogP contribution in [0.5, 0.6) is 0 Å². The van der Waals surface area contributed by atoms with Crippen molar-refractivity contribution in [2.75, 3.05) is 13.1 Å². The summed E-state index contributed by atoms with van der Waals surface area (Å²) in [6.45, 7) is 0.200. The van der Waals surface area contributed by atoms with E-state index in [9.17, 15) is 28.8 Å². The van der Waals surface area contributed by atoms with Crippen LogP contribution in [-0.4, -0.2) is 80.8 Å². The molecular formula is C26H24Cl4CuN4O8. The van der Waals surface area contributed by atoms with Crippen molar-refractivity contribution in [3.05, 3.63) is 66.6 Å². The van der Waals surface area contributed by atoms with E-state index in [2.05, 4.69) is 0 Å². The van der Waals surface area contributed by atoms with Crippen LogP contribution >= 0.6 is 46.4 Å². The fraction of sp³-hybridized carbons (Fsp3) is 0.308. The van der Waals surface area contributed by atoms with Crippen LogP contribution in [0.15, 0.2) is 24.3 Å². The number of aliphatic carboxylic acids is 2. The van der Waals surface area contributed by atoms with Crippen LogP contribution in [0.2, 0.25) is 20.1 Å². The van der Waals surface area contributed by atoms with E-state index < -0.39 is 47.7 Å². The Kier molecular flexibility index (Phi) is 13.0. The summed E-state index contributed by atoms with van der Waals surface area (Å²) in [7, 11) is 0. The van der Waals surface area contributed by atoms with Crippen LogP contribution in [0, 0.1) is 0 Å². The molecule has 0 bridgehead atoms. The molecule has 6 N–H and O–H groups in total. The van der Waals surface area contributed by atoms with Crippen molar-refractivity contribution < 1.29 is 56.0 Å². The average Bonchev–Trinajstić information content (AvgIpc) is 3.28. The van der Waals surface area contributed by atoms with Crippen molar-refractivity contribution >= 4 is 82.0 Å². The Hall–Kier alpha value is -2.74. The van der Waals surface area contributed by atoms with E-state index in [1.807, 2.05) is 0 Å². The maximum Gasteiger partial charge on any atom is 0.320 e. The second kappa shape index (κ2) is 15.3. The van der Waals surface area contributed by atoms with Gasteiger partial charge >= 0.3 is 11.9 Å². The third-order valence-corrected chi connectivity index (χ3v) is 7.90. The molecule has 2 aliphatic heterocycles. The molecule has 43 heavy (non-hydrogen) atoms. The number of carbonyl (C=O) groups is 6.